The van der Waals surface area contributed by atoms with Crippen molar-refractivity contribution in [2.24, 2.45) is 9.98 Å². The van der Waals surface area contributed by atoms with Crippen LogP contribution in [0.3, 0.4) is 0 Å². The van der Waals surface area contributed by atoms with Crippen LogP contribution in [0, 0.1) is 0 Å². The van der Waals surface area contributed by atoms with Crippen LogP contribution in [0.2, 0.25) is 0 Å². The summed E-state index contributed by atoms with van der Waals surface area (Å²) in [5, 5.41) is 22.9. The van der Waals surface area contributed by atoms with E-state index >= 15 is 0 Å². The van der Waals surface area contributed by atoms with E-state index in [2.05, 4.69) is 89.5 Å². The van der Waals surface area contributed by atoms with Crippen molar-refractivity contribution in [3.8, 4) is 11.5 Å². The molecule has 0 unspecified atom stereocenters. The maximum atomic E-state index is 11.5. The fourth-order valence-electron chi connectivity index (χ4n) is 6.00. The van der Waals surface area contributed by atoms with Crippen molar-refractivity contribution >= 4 is 12.4 Å². The molecule has 0 amide bonds. The number of aliphatic imine (C=N–C) groups is 2. The highest BCUT2D eigenvalue weighted by Crippen LogP contribution is 2.34. The molecule has 6 heteroatoms. The lowest BCUT2D eigenvalue weighted by atomic mass is 9.84. The number of hydrogen-bond donors (Lipinski definition) is 2. The fourth-order valence-corrected chi connectivity index (χ4v) is 6.00. The lowest BCUT2D eigenvalue weighted by Crippen LogP contribution is -2.35. The van der Waals surface area contributed by atoms with Crippen LogP contribution in [-0.2, 0) is 23.9 Å². The molecule has 1 fully saturated rings. The van der Waals surface area contributed by atoms with Crippen LogP contribution in [0.1, 0.15) is 114 Å². The minimum Gasteiger partial charge on any atom is -0.507 e. The van der Waals surface area contributed by atoms with Gasteiger partial charge in [0.15, 0.2) is 0 Å². The second-order valence-corrected chi connectivity index (χ2v) is 14.4. The Balaban J connectivity index is 1.83. The predicted molar refractivity (Wildman–Crippen MR) is 177 cm³/mol. The van der Waals surface area contributed by atoms with Crippen molar-refractivity contribution in [3.63, 3.8) is 0 Å². The van der Waals surface area contributed by atoms with Crippen LogP contribution in [0.25, 0.3) is 0 Å². The van der Waals surface area contributed by atoms with Gasteiger partial charge >= 0.3 is 0 Å². The highest BCUT2D eigenvalue weighted by molar-refractivity contribution is 5.86. The highest BCUT2D eigenvalue weighted by atomic mass is 16.3. The Hall–Kier alpha value is -2.70. The summed E-state index contributed by atoms with van der Waals surface area (Å²) in [6, 6.07) is 8.66. The number of likely N-dealkylation sites (N-methyl/N-ethyl adjacent to an activating group) is 2. The van der Waals surface area contributed by atoms with Gasteiger partial charge in [-0.05, 0) is 60.0 Å². The average molecular weight is 575 g/mol. The number of rotatable bonds is 2. The average Bonchev–Trinajstić information content (AvgIpc) is 2.93. The van der Waals surface area contributed by atoms with Crippen LogP contribution in [0.5, 0.6) is 11.5 Å². The number of phenolic OH excluding ortho intramolecular Hbond substituents is 2. The molecule has 0 aromatic heterocycles. The Morgan fingerprint density at radius 3 is 1.38 bits per heavy atom. The summed E-state index contributed by atoms with van der Waals surface area (Å²) in [5.74, 6) is 0.674. The Labute approximate surface area is 254 Å². The highest BCUT2D eigenvalue weighted by Gasteiger charge is 2.26. The molecule has 1 aliphatic heterocycles. The SMILES string of the molecule is CCN1CCN(CC)Cc2cc(C(C)(C)C)cc(c2O)C=N[C@@H]2CCCC[C@H]2N=Cc2cc(C(C)(C)C)cc(c2O)C1. The zero-order valence-corrected chi connectivity index (χ0v) is 27.4. The quantitative estimate of drug-likeness (QED) is 0.398. The van der Waals surface area contributed by atoms with Crippen LogP contribution in [0.15, 0.2) is 34.3 Å². The van der Waals surface area contributed by atoms with E-state index in [1.54, 1.807) is 0 Å². The first kappa shape index (κ1) is 32.2. The zero-order chi connectivity index (χ0) is 30.7. The molecule has 2 aromatic carbocycles. The van der Waals surface area contributed by atoms with Crippen molar-refractivity contribution in [2.45, 2.75) is 117 Å². The third-order valence-corrected chi connectivity index (χ3v) is 9.09. The van der Waals surface area contributed by atoms with Gasteiger partial charge < -0.3 is 10.2 Å². The van der Waals surface area contributed by atoms with E-state index in [-0.39, 0.29) is 22.9 Å². The Morgan fingerprint density at radius 1 is 0.667 bits per heavy atom. The van der Waals surface area contributed by atoms with Gasteiger partial charge in [-0.2, -0.15) is 0 Å². The first-order valence-electron chi connectivity index (χ1n) is 16.0. The van der Waals surface area contributed by atoms with Gasteiger partial charge in [0.25, 0.3) is 0 Å². The van der Waals surface area contributed by atoms with Crippen molar-refractivity contribution in [3.05, 3.63) is 57.6 Å². The molecule has 4 rings (SSSR count). The summed E-state index contributed by atoms with van der Waals surface area (Å²) in [5.41, 5.74) is 5.81. The standard InChI is InChI=1S/C36H54N4O2/c1-9-39-15-16-40(10-2)24-28-20-30(36(6,7)8)18-26(34(28)42)22-38-32-14-12-11-13-31(32)37-21-25-17-29(35(3,4)5)19-27(23-39)33(25)41/h17-22,31-32,41-42H,9-16,23-24H2,1-8H3/t31-,32-/m1/s1. The molecule has 2 aromatic rings. The maximum Gasteiger partial charge on any atom is 0.128 e. The number of fused-ring (bicyclic) bond motifs is 5. The molecule has 1 aliphatic carbocycles. The summed E-state index contributed by atoms with van der Waals surface area (Å²) in [7, 11) is 0. The van der Waals surface area contributed by atoms with E-state index in [1.165, 1.54) is 11.1 Å². The zero-order valence-electron chi connectivity index (χ0n) is 27.4. The minimum atomic E-state index is -0.0452. The van der Waals surface area contributed by atoms with Crippen LogP contribution >= 0.6 is 0 Å². The molecule has 42 heavy (non-hydrogen) atoms. The van der Waals surface area contributed by atoms with Gasteiger partial charge in [-0.15, -0.1) is 0 Å². The van der Waals surface area contributed by atoms with E-state index in [1.807, 2.05) is 12.4 Å². The second kappa shape index (κ2) is 13.3. The molecule has 0 spiro atoms. The van der Waals surface area contributed by atoms with Crippen LogP contribution in [0.4, 0.5) is 0 Å². The first-order chi connectivity index (χ1) is 19.8. The summed E-state index contributed by atoms with van der Waals surface area (Å²) in [6.07, 6.45) is 7.97. The van der Waals surface area contributed by atoms with E-state index in [0.717, 1.165) is 74.1 Å². The van der Waals surface area contributed by atoms with E-state index < -0.39 is 0 Å². The maximum absolute atomic E-state index is 11.5. The number of hydrogen-bond acceptors (Lipinski definition) is 6. The molecule has 2 atom stereocenters. The Kier molecular flexibility index (Phi) is 10.2. The van der Waals surface area contributed by atoms with Gasteiger partial charge in [-0.1, -0.05) is 80.4 Å². The van der Waals surface area contributed by atoms with E-state index in [9.17, 15) is 10.2 Å². The van der Waals surface area contributed by atoms with Crippen molar-refractivity contribution in [2.75, 3.05) is 26.2 Å². The number of phenols is 2. The molecule has 0 radical (unpaired) electrons. The summed E-state index contributed by atoms with van der Waals surface area (Å²) < 4.78 is 0. The number of nitrogens with zero attached hydrogens (tertiary/aromatic N) is 4. The summed E-state index contributed by atoms with van der Waals surface area (Å²) in [4.78, 5) is 14.9. The van der Waals surface area contributed by atoms with E-state index in [4.69, 9.17) is 9.98 Å². The molecule has 2 aliphatic rings. The summed E-state index contributed by atoms with van der Waals surface area (Å²) >= 11 is 0. The predicted octanol–water partition coefficient (Wildman–Crippen LogP) is 7.20. The largest absolute Gasteiger partial charge is 0.507 e. The lowest BCUT2D eigenvalue weighted by Gasteiger charge is -2.29. The van der Waals surface area contributed by atoms with Crippen molar-refractivity contribution in [1.82, 2.24) is 9.80 Å². The third-order valence-electron chi connectivity index (χ3n) is 9.09. The number of benzene rings is 2. The van der Waals surface area contributed by atoms with Gasteiger partial charge in [-0.3, -0.25) is 19.8 Å². The molecular formula is C36H54N4O2. The van der Waals surface area contributed by atoms with E-state index in [0.29, 0.717) is 24.6 Å². The van der Waals surface area contributed by atoms with Gasteiger partial charge in [0, 0.05) is 60.9 Å². The van der Waals surface area contributed by atoms with Crippen LogP contribution < -0.4 is 0 Å². The molecule has 230 valence electrons. The van der Waals surface area contributed by atoms with Gasteiger partial charge in [0.2, 0.25) is 0 Å². The van der Waals surface area contributed by atoms with Gasteiger partial charge in [0.05, 0.1) is 12.1 Å². The normalized spacial score (nSPS) is 21.5. The lowest BCUT2D eigenvalue weighted by molar-refractivity contribution is 0.202. The fraction of sp³-hybridized carbons (Fsp3) is 0.611. The second-order valence-electron chi connectivity index (χ2n) is 14.4. The molecular weight excluding hydrogens is 520 g/mol. The van der Waals surface area contributed by atoms with Gasteiger partial charge in [0.1, 0.15) is 11.5 Å². The molecule has 4 bridgehead atoms. The van der Waals surface area contributed by atoms with Gasteiger partial charge in [-0.25, -0.2) is 0 Å². The summed E-state index contributed by atoms with van der Waals surface area (Å²) in [6.45, 7) is 22.6. The molecule has 1 saturated carbocycles. The number of aromatic hydroxyl groups is 2. The third kappa shape index (κ3) is 7.82. The molecule has 6 nitrogen and oxygen atoms in total. The molecule has 2 N–H and O–H groups in total. The van der Waals surface area contributed by atoms with Crippen molar-refractivity contribution < 1.29 is 10.2 Å². The topological polar surface area (TPSA) is 71.7 Å². The molecule has 1 heterocycles. The van der Waals surface area contributed by atoms with Crippen LogP contribution in [-0.4, -0.2) is 70.7 Å². The first-order valence-corrected chi connectivity index (χ1v) is 16.0. The Bertz CT molecular complexity index is 1190. The minimum absolute atomic E-state index is 0.0452. The Morgan fingerprint density at radius 2 is 1.05 bits per heavy atom. The van der Waals surface area contributed by atoms with Crippen molar-refractivity contribution in [1.29, 1.82) is 0 Å². The molecule has 0 saturated heterocycles. The monoisotopic (exact) mass is 574 g/mol. The smallest absolute Gasteiger partial charge is 0.128 e.